The highest BCUT2D eigenvalue weighted by atomic mass is 16.4. The average Bonchev–Trinajstić information content (AvgIpc) is 2.63. The fourth-order valence-corrected chi connectivity index (χ4v) is 1.52. The molecule has 0 unspecified atom stereocenters. The lowest BCUT2D eigenvalue weighted by Crippen LogP contribution is -2.30. The lowest BCUT2D eigenvalue weighted by atomic mass is 10.3. The molecule has 0 spiro atoms. The molecular weight excluding hydrogens is 236 g/mol. The predicted octanol–water partition coefficient (Wildman–Crippen LogP) is 0.270. The Labute approximate surface area is 105 Å². The Balaban J connectivity index is 2.12. The number of carboxylic acids is 1. The summed E-state index contributed by atoms with van der Waals surface area (Å²) < 4.78 is 0. The van der Waals surface area contributed by atoms with Gasteiger partial charge in [-0.1, -0.05) is 6.58 Å². The summed E-state index contributed by atoms with van der Waals surface area (Å²) in [5.41, 5.74) is 0.650. The molecule has 1 rings (SSSR count). The molecule has 1 aliphatic heterocycles. The van der Waals surface area contributed by atoms with Crippen molar-refractivity contribution in [2.45, 2.75) is 19.3 Å². The monoisotopic (exact) mass is 252 g/mol. The van der Waals surface area contributed by atoms with Gasteiger partial charge in [-0.25, -0.2) is 0 Å². The van der Waals surface area contributed by atoms with Crippen molar-refractivity contribution in [3.8, 4) is 0 Å². The first-order chi connectivity index (χ1) is 8.50. The van der Waals surface area contributed by atoms with Crippen LogP contribution in [-0.2, 0) is 14.4 Å². The molecule has 2 N–H and O–H groups in total. The van der Waals surface area contributed by atoms with Crippen LogP contribution in [0.2, 0.25) is 0 Å². The van der Waals surface area contributed by atoms with E-state index in [-0.39, 0.29) is 24.7 Å². The Morgan fingerprint density at radius 2 is 2.06 bits per heavy atom. The fourth-order valence-electron chi connectivity index (χ4n) is 1.52. The molecule has 98 valence electrons. The Bertz CT molecular complexity index is 383. The van der Waals surface area contributed by atoms with Gasteiger partial charge in [-0.3, -0.25) is 14.4 Å². The first-order valence-electron chi connectivity index (χ1n) is 5.67. The summed E-state index contributed by atoms with van der Waals surface area (Å²) in [6, 6.07) is 0. The Hall–Kier alpha value is -2.11. The number of carboxylic acid groups (broad SMARTS) is 1. The van der Waals surface area contributed by atoms with Crippen molar-refractivity contribution in [1.82, 2.24) is 10.2 Å². The summed E-state index contributed by atoms with van der Waals surface area (Å²) in [4.78, 5) is 34.3. The van der Waals surface area contributed by atoms with Crippen LogP contribution in [0.3, 0.4) is 0 Å². The zero-order valence-corrected chi connectivity index (χ0v) is 10.0. The molecule has 0 atom stereocenters. The number of nitrogens with zero attached hydrogens (tertiary/aromatic N) is 1. The second-order valence-electron chi connectivity index (χ2n) is 3.91. The number of carbonyl (C=O) groups is 3. The van der Waals surface area contributed by atoms with Gasteiger partial charge in [0.05, 0.1) is 6.42 Å². The number of amides is 2. The molecule has 0 saturated carbocycles. The molecule has 0 aromatic carbocycles. The predicted molar refractivity (Wildman–Crippen MR) is 64.5 cm³/mol. The molecule has 18 heavy (non-hydrogen) atoms. The molecule has 0 aromatic rings. The number of allylic oxidation sites excluding steroid dienone is 1. The van der Waals surface area contributed by atoms with Gasteiger partial charge in [-0.2, -0.15) is 0 Å². The summed E-state index contributed by atoms with van der Waals surface area (Å²) >= 11 is 0. The van der Waals surface area contributed by atoms with E-state index < -0.39 is 5.97 Å². The third-order valence-corrected chi connectivity index (χ3v) is 2.48. The molecule has 1 heterocycles. The van der Waals surface area contributed by atoms with E-state index in [0.717, 1.165) is 0 Å². The molecule has 6 heteroatoms. The van der Waals surface area contributed by atoms with E-state index in [4.69, 9.17) is 5.11 Å². The molecule has 6 nitrogen and oxygen atoms in total. The Morgan fingerprint density at radius 3 is 2.61 bits per heavy atom. The lowest BCUT2D eigenvalue weighted by molar-refractivity contribution is -0.138. The molecule has 0 bridgehead atoms. The van der Waals surface area contributed by atoms with Gasteiger partial charge >= 0.3 is 5.97 Å². The molecule has 1 aliphatic rings. The molecule has 0 aromatic heterocycles. The number of hydrogen-bond acceptors (Lipinski definition) is 3. The molecule has 0 fully saturated rings. The molecule has 0 saturated heterocycles. The van der Waals surface area contributed by atoms with Crippen LogP contribution in [0.1, 0.15) is 19.3 Å². The Morgan fingerprint density at radius 1 is 1.33 bits per heavy atom. The maximum Gasteiger partial charge on any atom is 0.303 e. The number of nitrogens with one attached hydrogen (secondary N) is 1. The van der Waals surface area contributed by atoms with E-state index in [2.05, 4.69) is 11.9 Å². The summed E-state index contributed by atoms with van der Waals surface area (Å²) in [6.45, 7) is 4.62. The zero-order chi connectivity index (χ0) is 13.5. The van der Waals surface area contributed by atoms with Crippen molar-refractivity contribution in [2.75, 3.05) is 13.1 Å². The van der Waals surface area contributed by atoms with Crippen LogP contribution in [-0.4, -0.2) is 40.9 Å². The van der Waals surface area contributed by atoms with Gasteiger partial charge in [0.2, 0.25) is 5.91 Å². The van der Waals surface area contributed by atoms with Gasteiger partial charge < -0.3 is 15.3 Å². The molecule has 0 aliphatic carbocycles. The second-order valence-corrected chi connectivity index (χ2v) is 3.91. The van der Waals surface area contributed by atoms with Crippen molar-refractivity contribution in [1.29, 1.82) is 0 Å². The molecule has 0 radical (unpaired) electrons. The minimum Gasteiger partial charge on any atom is -0.481 e. The van der Waals surface area contributed by atoms with Gasteiger partial charge in [0, 0.05) is 31.3 Å². The maximum atomic E-state index is 11.3. The highest BCUT2D eigenvalue weighted by Gasteiger charge is 2.17. The molecule has 2 amide bonds. The summed E-state index contributed by atoms with van der Waals surface area (Å²) in [5.74, 6) is -1.38. The topological polar surface area (TPSA) is 86.7 Å². The smallest absolute Gasteiger partial charge is 0.303 e. The van der Waals surface area contributed by atoms with Crippen LogP contribution in [0.25, 0.3) is 0 Å². The number of carbonyl (C=O) groups excluding carboxylic acids is 2. The van der Waals surface area contributed by atoms with Crippen LogP contribution >= 0.6 is 0 Å². The lowest BCUT2D eigenvalue weighted by Gasteiger charge is -2.16. The SMILES string of the molecule is C=C1C=CC(=O)N1CCCNC(=O)CCC(=O)O. The summed E-state index contributed by atoms with van der Waals surface area (Å²) in [6.07, 6.45) is 3.51. The first-order valence-corrected chi connectivity index (χ1v) is 5.67. The summed E-state index contributed by atoms with van der Waals surface area (Å²) in [5, 5.41) is 11.0. The van der Waals surface area contributed by atoms with E-state index in [1.54, 1.807) is 6.08 Å². The normalized spacial score (nSPS) is 14.1. The van der Waals surface area contributed by atoms with Gasteiger partial charge in [-0.15, -0.1) is 0 Å². The fraction of sp³-hybridized carbons (Fsp3) is 0.417. The Kier molecular flexibility index (Phi) is 5.10. The minimum absolute atomic E-state index is 0.0216. The second kappa shape index (κ2) is 6.58. The van der Waals surface area contributed by atoms with E-state index in [1.807, 2.05) is 0 Å². The highest BCUT2D eigenvalue weighted by molar-refractivity contribution is 5.92. The largest absolute Gasteiger partial charge is 0.481 e. The first kappa shape index (κ1) is 14.0. The van der Waals surface area contributed by atoms with Crippen LogP contribution in [0.15, 0.2) is 24.4 Å². The van der Waals surface area contributed by atoms with E-state index >= 15 is 0 Å². The van der Waals surface area contributed by atoms with Crippen LogP contribution < -0.4 is 5.32 Å². The van der Waals surface area contributed by atoms with Crippen molar-refractivity contribution < 1.29 is 19.5 Å². The van der Waals surface area contributed by atoms with Crippen molar-refractivity contribution in [2.24, 2.45) is 0 Å². The van der Waals surface area contributed by atoms with Gasteiger partial charge in [0.1, 0.15) is 0 Å². The highest BCUT2D eigenvalue weighted by Crippen LogP contribution is 2.12. The number of hydrogen-bond donors (Lipinski definition) is 2. The van der Waals surface area contributed by atoms with E-state index in [9.17, 15) is 14.4 Å². The van der Waals surface area contributed by atoms with E-state index in [1.165, 1.54) is 11.0 Å². The van der Waals surface area contributed by atoms with Crippen LogP contribution in [0, 0.1) is 0 Å². The van der Waals surface area contributed by atoms with Crippen LogP contribution in [0.5, 0.6) is 0 Å². The van der Waals surface area contributed by atoms with Gasteiger partial charge in [0.25, 0.3) is 5.91 Å². The third kappa shape index (κ3) is 4.40. The van der Waals surface area contributed by atoms with Crippen molar-refractivity contribution in [3.63, 3.8) is 0 Å². The number of aliphatic carboxylic acids is 1. The quantitative estimate of drug-likeness (QED) is 0.637. The minimum atomic E-state index is -0.991. The van der Waals surface area contributed by atoms with Crippen molar-refractivity contribution in [3.05, 3.63) is 24.4 Å². The van der Waals surface area contributed by atoms with Crippen LogP contribution in [0.4, 0.5) is 0 Å². The van der Waals surface area contributed by atoms with E-state index in [0.29, 0.717) is 25.2 Å². The zero-order valence-electron chi connectivity index (χ0n) is 10.0. The molecular formula is C12H16N2O4. The standard InChI is InChI=1S/C12H16N2O4/c1-9-3-5-11(16)14(9)8-2-7-13-10(15)4-6-12(17)18/h3,5H,1-2,4,6-8H2,(H,13,15)(H,17,18). The van der Waals surface area contributed by atoms with Crippen molar-refractivity contribution >= 4 is 17.8 Å². The van der Waals surface area contributed by atoms with Gasteiger partial charge in [0.15, 0.2) is 0 Å². The average molecular weight is 252 g/mol. The maximum absolute atomic E-state index is 11.3. The van der Waals surface area contributed by atoms with Gasteiger partial charge in [-0.05, 0) is 12.5 Å². The third-order valence-electron chi connectivity index (χ3n) is 2.48. The summed E-state index contributed by atoms with van der Waals surface area (Å²) in [7, 11) is 0. The number of rotatable bonds is 7.